The number of carbonyl (C=O) groups is 2. The minimum atomic E-state index is -0.714. The highest BCUT2D eigenvalue weighted by atomic mass is 19.1. The van der Waals surface area contributed by atoms with Gasteiger partial charge in [-0.3, -0.25) is 9.59 Å². The summed E-state index contributed by atoms with van der Waals surface area (Å²) in [5.41, 5.74) is 2.52. The van der Waals surface area contributed by atoms with E-state index in [1.807, 2.05) is 31.2 Å². The zero-order valence-electron chi connectivity index (χ0n) is 12.9. The standard InChI is InChI=1S/C18H19FN2O2/c1-13-5-4-6-14(11-13)12-21-18(23)17(22)20-10-9-15-7-2-3-8-16(15)19/h2-8,11H,9-10,12H2,1H3,(H,20,22)(H,21,23). The SMILES string of the molecule is Cc1cccc(CNC(=O)C(=O)NCCc2ccccc2F)c1. The summed E-state index contributed by atoms with van der Waals surface area (Å²) in [4.78, 5) is 23.4. The minimum absolute atomic E-state index is 0.206. The molecule has 0 saturated carbocycles. The number of benzene rings is 2. The van der Waals surface area contributed by atoms with E-state index < -0.39 is 11.8 Å². The first-order valence-electron chi connectivity index (χ1n) is 7.41. The summed E-state index contributed by atoms with van der Waals surface area (Å²) < 4.78 is 13.4. The van der Waals surface area contributed by atoms with E-state index in [-0.39, 0.29) is 12.4 Å². The van der Waals surface area contributed by atoms with Gasteiger partial charge in [-0.1, -0.05) is 48.0 Å². The topological polar surface area (TPSA) is 58.2 Å². The van der Waals surface area contributed by atoms with Crippen molar-refractivity contribution in [1.82, 2.24) is 10.6 Å². The van der Waals surface area contributed by atoms with Gasteiger partial charge in [-0.2, -0.15) is 0 Å². The summed E-state index contributed by atoms with van der Waals surface area (Å²) in [5, 5.41) is 5.05. The molecule has 4 nitrogen and oxygen atoms in total. The van der Waals surface area contributed by atoms with Crippen molar-refractivity contribution in [3.63, 3.8) is 0 Å². The summed E-state index contributed by atoms with van der Waals surface area (Å²) in [5.74, 6) is -1.72. The monoisotopic (exact) mass is 314 g/mol. The Morgan fingerprint density at radius 2 is 1.74 bits per heavy atom. The number of hydrogen-bond donors (Lipinski definition) is 2. The van der Waals surface area contributed by atoms with Gasteiger partial charge in [0.15, 0.2) is 0 Å². The fourth-order valence-electron chi connectivity index (χ4n) is 2.18. The maximum atomic E-state index is 13.4. The molecule has 2 aromatic carbocycles. The molecule has 5 heteroatoms. The van der Waals surface area contributed by atoms with Gasteiger partial charge in [-0.25, -0.2) is 4.39 Å². The predicted molar refractivity (Wildman–Crippen MR) is 86.1 cm³/mol. The van der Waals surface area contributed by atoms with Gasteiger partial charge in [-0.05, 0) is 30.5 Å². The Morgan fingerprint density at radius 3 is 2.48 bits per heavy atom. The van der Waals surface area contributed by atoms with Gasteiger partial charge in [0.05, 0.1) is 0 Å². The van der Waals surface area contributed by atoms with Crippen molar-refractivity contribution in [2.45, 2.75) is 19.9 Å². The molecule has 2 N–H and O–H groups in total. The van der Waals surface area contributed by atoms with Crippen LogP contribution in [0, 0.1) is 12.7 Å². The number of rotatable bonds is 5. The highest BCUT2D eigenvalue weighted by molar-refractivity contribution is 6.35. The lowest BCUT2D eigenvalue weighted by Crippen LogP contribution is -2.40. The van der Waals surface area contributed by atoms with Gasteiger partial charge < -0.3 is 10.6 Å². The molecule has 0 heterocycles. The number of carbonyl (C=O) groups excluding carboxylic acids is 2. The van der Waals surface area contributed by atoms with Crippen LogP contribution in [0.1, 0.15) is 16.7 Å². The first-order valence-corrected chi connectivity index (χ1v) is 7.41. The molecule has 0 saturated heterocycles. The lowest BCUT2D eigenvalue weighted by Gasteiger charge is -2.07. The average molecular weight is 314 g/mol. The van der Waals surface area contributed by atoms with E-state index in [9.17, 15) is 14.0 Å². The highest BCUT2D eigenvalue weighted by Gasteiger charge is 2.12. The van der Waals surface area contributed by atoms with Crippen LogP contribution in [-0.4, -0.2) is 18.4 Å². The molecular formula is C18H19FN2O2. The van der Waals surface area contributed by atoms with Gasteiger partial charge in [0, 0.05) is 13.1 Å². The molecule has 0 bridgehead atoms. The number of amides is 2. The first-order chi connectivity index (χ1) is 11.1. The second-order valence-corrected chi connectivity index (χ2v) is 5.27. The van der Waals surface area contributed by atoms with E-state index >= 15 is 0 Å². The third-order valence-corrected chi connectivity index (χ3v) is 3.38. The normalized spacial score (nSPS) is 10.2. The zero-order chi connectivity index (χ0) is 16.7. The molecule has 2 rings (SSSR count). The molecule has 2 amide bonds. The lowest BCUT2D eigenvalue weighted by molar-refractivity contribution is -0.139. The van der Waals surface area contributed by atoms with E-state index in [4.69, 9.17) is 0 Å². The van der Waals surface area contributed by atoms with E-state index in [0.29, 0.717) is 18.5 Å². The maximum absolute atomic E-state index is 13.4. The van der Waals surface area contributed by atoms with E-state index in [1.165, 1.54) is 6.07 Å². The largest absolute Gasteiger partial charge is 0.348 e. The Balaban J connectivity index is 1.75. The van der Waals surface area contributed by atoms with Crippen LogP contribution in [0.2, 0.25) is 0 Å². The molecule has 0 aliphatic rings. The van der Waals surface area contributed by atoms with Crippen molar-refractivity contribution >= 4 is 11.8 Å². The summed E-state index contributed by atoms with van der Waals surface area (Å²) in [7, 11) is 0. The average Bonchev–Trinajstić information content (AvgIpc) is 2.54. The Labute approximate surface area is 134 Å². The van der Waals surface area contributed by atoms with Gasteiger partial charge >= 0.3 is 11.8 Å². The van der Waals surface area contributed by atoms with Crippen molar-refractivity contribution in [2.75, 3.05) is 6.54 Å². The van der Waals surface area contributed by atoms with E-state index in [0.717, 1.165) is 11.1 Å². The molecule has 0 unspecified atom stereocenters. The number of aryl methyl sites for hydroxylation is 1. The quantitative estimate of drug-likeness (QED) is 0.831. The van der Waals surface area contributed by atoms with Gasteiger partial charge in [-0.15, -0.1) is 0 Å². The van der Waals surface area contributed by atoms with E-state index in [2.05, 4.69) is 10.6 Å². The molecule has 0 fully saturated rings. The van der Waals surface area contributed by atoms with Crippen molar-refractivity contribution < 1.29 is 14.0 Å². The Bertz CT molecular complexity index is 701. The Kier molecular flexibility index (Phi) is 5.86. The Morgan fingerprint density at radius 1 is 1.00 bits per heavy atom. The van der Waals surface area contributed by atoms with Gasteiger partial charge in [0.25, 0.3) is 0 Å². The van der Waals surface area contributed by atoms with Crippen LogP contribution in [0.15, 0.2) is 48.5 Å². The predicted octanol–water partition coefficient (Wildman–Crippen LogP) is 2.11. The molecule has 0 spiro atoms. The number of hydrogen-bond acceptors (Lipinski definition) is 2. The van der Waals surface area contributed by atoms with Gasteiger partial charge in [0.2, 0.25) is 0 Å². The molecule has 23 heavy (non-hydrogen) atoms. The summed E-state index contributed by atoms with van der Waals surface area (Å²) in [6.45, 7) is 2.46. The van der Waals surface area contributed by atoms with Crippen LogP contribution < -0.4 is 10.6 Å². The molecule has 120 valence electrons. The second kappa shape index (κ2) is 8.08. The lowest BCUT2D eigenvalue weighted by atomic mass is 10.1. The third-order valence-electron chi connectivity index (χ3n) is 3.38. The van der Waals surface area contributed by atoms with Crippen LogP contribution in [0.3, 0.4) is 0 Å². The summed E-state index contributed by atoms with van der Waals surface area (Å²) in [6, 6.07) is 14.0. The van der Waals surface area contributed by atoms with Crippen LogP contribution in [-0.2, 0) is 22.6 Å². The van der Waals surface area contributed by atoms with Gasteiger partial charge in [0.1, 0.15) is 5.82 Å². The fraction of sp³-hybridized carbons (Fsp3) is 0.222. The molecule has 0 atom stereocenters. The smallest absolute Gasteiger partial charge is 0.309 e. The van der Waals surface area contributed by atoms with Crippen molar-refractivity contribution in [3.8, 4) is 0 Å². The molecule has 2 aromatic rings. The summed E-state index contributed by atoms with van der Waals surface area (Å²) in [6.07, 6.45) is 0.337. The minimum Gasteiger partial charge on any atom is -0.348 e. The molecule has 0 aliphatic heterocycles. The molecule has 0 aliphatic carbocycles. The van der Waals surface area contributed by atoms with Crippen LogP contribution in [0.25, 0.3) is 0 Å². The van der Waals surface area contributed by atoms with Crippen molar-refractivity contribution in [1.29, 1.82) is 0 Å². The maximum Gasteiger partial charge on any atom is 0.309 e. The molecule has 0 aromatic heterocycles. The third kappa shape index (κ3) is 5.21. The van der Waals surface area contributed by atoms with Crippen LogP contribution in [0.4, 0.5) is 4.39 Å². The molecule has 0 radical (unpaired) electrons. The van der Waals surface area contributed by atoms with Crippen molar-refractivity contribution in [3.05, 3.63) is 71.0 Å². The highest BCUT2D eigenvalue weighted by Crippen LogP contribution is 2.06. The molecular weight excluding hydrogens is 295 g/mol. The first kappa shape index (κ1) is 16.7. The summed E-state index contributed by atoms with van der Waals surface area (Å²) >= 11 is 0. The van der Waals surface area contributed by atoms with E-state index in [1.54, 1.807) is 18.2 Å². The zero-order valence-corrected chi connectivity index (χ0v) is 12.9. The second-order valence-electron chi connectivity index (χ2n) is 5.27. The fourth-order valence-corrected chi connectivity index (χ4v) is 2.18. The number of halogens is 1. The Hall–Kier alpha value is -2.69. The van der Waals surface area contributed by atoms with Crippen LogP contribution >= 0.6 is 0 Å². The number of nitrogens with one attached hydrogen (secondary N) is 2. The van der Waals surface area contributed by atoms with Crippen LogP contribution in [0.5, 0.6) is 0 Å². The van der Waals surface area contributed by atoms with Crippen molar-refractivity contribution in [2.24, 2.45) is 0 Å².